The van der Waals surface area contributed by atoms with Crippen molar-refractivity contribution in [3.63, 3.8) is 0 Å². The molecule has 1 heterocycles. The van der Waals surface area contributed by atoms with E-state index in [1.54, 1.807) is 0 Å². The Balaban J connectivity index is 1.88. The number of nitrogens with one attached hydrogen (secondary N) is 1. The van der Waals surface area contributed by atoms with E-state index in [-0.39, 0.29) is 17.4 Å². The molecule has 0 saturated carbocycles. The fraction of sp³-hybridized carbons (Fsp3) is 0.200. The Labute approximate surface area is 136 Å². The Morgan fingerprint density at radius 3 is 2.86 bits per heavy atom. The highest BCUT2D eigenvalue weighted by molar-refractivity contribution is 7.10. The summed E-state index contributed by atoms with van der Waals surface area (Å²) >= 11 is 7.28. The molecule has 7 heteroatoms. The topological polar surface area (TPSA) is 75.6 Å². The highest BCUT2D eigenvalue weighted by atomic mass is 35.5. The molecule has 0 spiro atoms. The number of hydrogen-bond acceptors (Lipinski definition) is 5. The minimum absolute atomic E-state index is 0.0772. The molecule has 0 fully saturated rings. The van der Waals surface area contributed by atoms with Crippen LogP contribution in [0, 0.1) is 0 Å². The summed E-state index contributed by atoms with van der Waals surface area (Å²) in [5.74, 6) is -1.48. The molecular formula is C15H14ClNO4S. The summed E-state index contributed by atoms with van der Waals surface area (Å²) in [7, 11) is 0. The first-order valence-electron chi connectivity index (χ1n) is 6.46. The molecule has 0 saturated heterocycles. The summed E-state index contributed by atoms with van der Waals surface area (Å²) in [6.45, 7) is 1.41. The third-order valence-corrected chi connectivity index (χ3v) is 4.15. The first-order valence-corrected chi connectivity index (χ1v) is 7.71. The summed E-state index contributed by atoms with van der Waals surface area (Å²) in [5.41, 5.74) is -0.0772. The molecule has 1 aromatic heterocycles. The molecule has 0 unspecified atom stereocenters. The van der Waals surface area contributed by atoms with Crippen LogP contribution in [0.1, 0.15) is 28.2 Å². The van der Waals surface area contributed by atoms with Crippen molar-refractivity contribution in [2.45, 2.75) is 13.0 Å². The van der Waals surface area contributed by atoms with Crippen molar-refractivity contribution in [2.75, 3.05) is 6.61 Å². The number of phenols is 1. The van der Waals surface area contributed by atoms with E-state index in [2.05, 4.69) is 5.32 Å². The average molecular weight is 340 g/mol. The van der Waals surface area contributed by atoms with E-state index >= 15 is 0 Å². The van der Waals surface area contributed by atoms with Gasteiger partial charge in [-0.3, -0.25) is 4.79 Å². The summed E-state index contributed by atoms with van der Waals surface area (Å²) in [6.07, 6.45) is 0. The first-order chi connectivity index (χ1) is 10.5. The zero-order chi connectivity index (χ0) is 16.1. The molecule has 2 aromatic rings. The first kappa shape index (κ1) is 16.3. The van der Waals surface area contributed by atoms with Crippen LogP contribution in [0.3, 0.4) is 0 Å². The minimum Gasteiger partial charge on any atom is -0.507 e. The van der Waals surface area contributed by atoms with Crippen molar-refractivity contribution in [1.29, 1.82) is 0 Å². The molecule has 1 aromatic carbocycles. The van der Waals surface area contributed by atoms with Crippen LogP contribution in [0.4, 0.5) is 0 Å². The van der Waals surface area contributed by atoms with Gasteiger partial charge >= 0.3 is 5.97 Å². The van der Waals surface area contributed by atoms with Crippen LogP contribution in [0.2, 0.25) is 5.02 Å². The lowest BCUT2D eigenvalue weighted by Crippen LogP contribution is -2.30. The third-order valence-electron chi connectivity index (χ3n) is 2.86. The monoisotopic (exact) mass is 339 g/mol. The Morgan fingerprint density at radius 1 is 1.41 bits per heavy atom. The van der Waals surface area contributed by atoms with Gasteiger partial charge in [0.15, 0.2) is 6.61 Å². The lowest BCUT2D eigenvalue weighted by Gasteiger charge is -2.12. The standard InChI is InChI=1S/C15H14ClNO4S/c1-9(13-3-2-6-22-13)17-14(19)8-21-15(20)11-7-10(16)4-5-12(11)18/h2-7,9,18H,8H2,1H3,(H,17,19)/t9-/m0/s1. The predicted molar refractivity (Wildman–Crippen MR) is 84.3 cm³/mol. The molecule has 0 aliphatic heterocycles. The molecule has 5 nitrogen and oxygen atoms in total. The van der Waals surface area contributed by atoms with Gasteiger partial charge in [0.25, 0.3) is 5.91 Å². The highest BCUT2D eigenvalue weighted by Gasteiger charge is 2.16. The summed E-state index contributed by atoms with van der Waals surface area (Å²) in [5, 5.41) is 14.5. The van der Waals surface area contributed by atoms with Crippen LogP contribution in [-0.2, 0) is 9.53 Å². The molecule has 0 aliphatic carbocycles. The Morgan fingerprint density at radius 2 is 2.18 bits per heavy atom. The van der Waals surface area contributed by atoms with E-state index < -0.39 is 18.5 Å². The molecule has 2 N–H and O–H groups in total. The van der Waals surface area contributed by atoms with Crippen LogP contribution in [0.25, 0.3) is 0 Å². The van der Waals surface area contributed by atoms with Crippen LogP contribution < -0.4 is 5.32 Å². The lowest BCUT2D eigenvalue weighted by atomic mass is 10.2. The number of esters is 1. The van der Waals surface area contributed by atoms with Crippen molar-refractivity contribution in [3.8, 4) is 5.75 Å². The van der Waals surface area contributed by atoms with Gasteiger partial charge in [0.2, 0.25) is 0 Å². The summed E-state index contributed by atoms with van der Waals surface area (Å²) in [6, 6.07) is 7.66. The lowest BCUT2D eigenvalue weighted by molar-refractivity contribution is -0.124. The number of carbonyl (C=O) groups is 2. The fourth-order valence-corrected chi connectivity index (χ4v) is 2.68. The molecular weight excluding hydrogens is 326 g/mol. The van der Waals surface area contributed by atoms with Gasteiger partial charge in [-0.1, -0.05) is 17.7 Å². The van der Waals surface area contributed by atoms with Gasteiger partial charge in [0.1, 0.15) is 11.3 Å². The van der Waals surface area contributed by atoms with E-state index in [9.17, 15) is 14.7 Å². The van der Waals surface area contributed by atoms with Gasteiger partial charge in [-0.25, -0.2) is 4.79 Å². The van der Waals surface area contributed by atoms with Crippen molar-refractivity contribution >= 4 is 34.8 Å². The fourth-order valence-electron chi connectivity index (χ4n) is 1.77. The van der Waals surface area contributed by atoms with Gasteiger partial charge in [-0.05, 0) is 36.6 Å². The summed E-state index contributed by atoms with van der Waals surface area (Å²) in [4.78, 5) is 24.6. The largest absolute Gasteiger partial charge is 0.507 e. The third kappa shape index (κ3) is 4.22. The zero-order valence-corrected chi connectivity index (χ0v) is 13.3. The molecule has 0 bridgehead atoms. The van der Waals surface area contributed by atoms with Crippen molar-refractivity contribution in [2.24, 2.45) is 0 Å². The van der Waals surface area contributed by atoms with Crippen LogP contribution in [0.15, 0.2) is 35.7 Å². The van der Waals surface area contributed by atoms with E-state index in [0.29, 0.717) is 5.02 Å². The molecule has 0 aliphatic rings. The number of ether oxygens (including phenoxy) is 1. The minimum atomic E-state index is -0.807. The second-order valence-corrected chi connectivity index (χ2v) is 5.96. The number of carbonyl (C=O) groups excluding carboxylic acids is 2. The average Bonchev–Trinajstić information content (AvgIpc) is 3.01. The van der Waals surface area contributed by atoms with Crippen LogP contribution >= 0.6 is 22.9 Å². The molecule has 1 amide bonds. The Hall–Kier alpha value is -2.05. The quantitative estimate of drug-likeness (QED) is 0.820. The van der Waals surface area contributed by atoms with E-state index in [0.717, 1.165) is 4.88 Å². The normalized spacial score (nSPS) is 11.7. The number of rotatable bonds is 5. The van der Waals surface area contributed by atoms with Crippen molar-refractivity contribution in [3.05, 3.63) is 51.2 Å². The zero-order valence-electron chi connectivity index (χ0n) is 11.7. The SMILES string of the molecule is C[C@H](NC(=O)COC(=O)c1cc(Cl)ccc1O)c1cccs1. The molecule has 2 rings (SSSR count). The number of aromatic hydroxyl groups is 1. The predicted octanol–water partition coefficient (Wildman–Crippen LogP) is 3.14. The number of thiophene rings is 1. The van der Waals surface area contributed by atoms with E-state index in [1.165, 1.54) is 29.5 Å². The second kappa shape index (κ2) is 7.29. The van der Waals surface area contributed by atoms with Gasteiger partial charge < -0.3 is 15.2 Å². The Bertz CT molecular complexity index is 672. The Kier molecular flexibility index (Phi) is 5.41. The highest BCUT2D eigenvalue weighted by Crippen LogP contribution is 2.22. The maximum atomic E-state index is 11.8. The number of benzene rings is 1. The molecule has 1 atom stereocenters. The van der Waals surface area contributed by atoms with E-state index in [1.807, 2.05) is 24.4 Å². The van der Waals surface area contributed by atoms with E-state index in [4.69, 9.17) is 16.3 Å². The molecule has 116 valence electrons. The molecule has 22 heavy (non-hydrogen) atoms. The number of hydrogen-bond donors (Lipinski definition) is 2. The van der Waals surface area contributed by atoms with Crippen molar-refractivity contribution in [1.82, 2.24) is 5.32 Å². The van der Waals surface area contributed by atoms with Gasteiger partial charge in [-0.2, -0.15) is 0 Å². The number of amides is 1. The number of phenolic OH excluding ortho intramolecular Hbond substituents is 1. The maximum Gasteiger partial charge on any atom is 0.342 e. The molecule has 0 radical (unpaired) electrons. The van der Waals surface area contributed by atoms with Gasteiger partial charge in [0.05, 0.1) is 6.04 Å². The number of halogens is 1. The summed E-state index contributed by atoms with van der Waals surface area (Å²) < 4.78 is 4.88. The second-order valence-electron chi connectivity index (χ2n) is 4.54. The van der Waals surface area contributed by atoms with Crippen LogP contribution in [-0.4, -0.2) is 23.6 Å². The van der Waals surface area contributed by atoms with Gasteiger partial charge in [-0.15, -0.1) is 11.3 Å². The van der Waals surface area contributed by atoms with Crippen molar-refractivity contribution < 1.29 is 19.4 Å². The van der Waals surface area contributed by atoms with Crippen LogP contribution in [0.5, 0.6) is 5.75 Å². The van der Waals surface area contributed by atoms with Gasteiger partial charge in [0, 0.05) is 9.90 Å². The maximum absolute atomic E-state index is 11.8. The smallest absolute Gasteiger partial charge is 0.342 e.